The first-order valence-electron chi connectivity index (χ1n) is 5.73. The van der Waals surface area contributed by atoms with Crippen LogP contribution in [-0.2, 0) is 0 Å². The molecule has 0 aliphatic heterocycles. The van der Waals surface area contributed by atoms with E-state index in [0.717, 1.165) is 0 Å². The Morgan fingerprint density at radius 3 is 2.39 bits per heavy atom. The summed E-state index contributed by atoms with van der Waals surface area (Å²) < 4.78 is 5.17. The van der Waals surface area contributed by atoms with Gasteiger partial charge in [0, 0.05) is 18.2 Å². The average molecular weight is 249 g/mol. The SMILES string of the molecule is COc1cccc(C=O)c1C(=O)N(C)C(C)(C)C. The van der Waals surface area contributed by atoms with Gasteiger partial charge in [-0.15, -0.1) is 0 Å². The molecule has 0 spiro atoms. The molecule has 0 N–H and O–H groups in total. The molecule has 0 saturated carbocycles. The fourth-order valence-corrected chi connectivity index (χ4v) is 1.52. The predicted octanol–water partition coefficient (Wildman–Crippen LogP) is 2.38. The number of methoxy groups -OCH3 is 1. The molecule has 0 aliphatic rings. The fourth-order valence-electron chi connectivity index (χ4n) is 1.52. The Morgan fingerprint density at radius 1 is 1.33 bits per heavy atom. The smallest absolute Gasteiger partial charge is 0.258 e. The van der Waals surface area contributed by atoms with Crippen molar-refractivity contribution in [3.8, 4) is 5.75 Å². The van der Waals surface area contributed by atoms with Gasteiger partial charge in [0.25, 0.3) is 5.91 Å². The molecule has 1 rings (SSSR count). The minimum Gasteiger partial charge on any atom is -0.496 e. The molecular formula is C14H19NO3. The summed E-state index contributed by atoms with van der Waals surface area (Å²) in [4.78, 5) is 25.1. The largest absolute Gasteiger partial charge is 0.496 e. The van der Waals surface area contributed by atoms with E-state index in [-0.39, 0.29) is 11.4 Å². The number of aldehydes is 1. The van der Waals surface area contributed by atoms with E-state index >= 15 is 0 Å². The Labute approximate surface area is 108 Å². The second-order valence-corrected chi connectivity index (χ2v) is 5.08. The topological polar surface area (TPSA) is 46.6 Å². The number of carbonyl (C=O) groups excluding carboxylic acids is 2. The van der Waals surface area contributed by atoms with Crippen LogP contribution in [0.5, 0.6) is 5.75 Å². The van der Waals surface area contributed by atoms with Crippen LogP contribution >= 0.6 is 0 Å². The molecule has 4 nitrogen and oxygen atoms in total. The highest BCUT2D eigenvalue weighted by Gasteiger charge is 2.27. The van der Waals surface area contributed by atoms with Gasteiger partial charge in [0.05, 0.1) is 12.7 Å². The summed E-state index contributed by atoms with van der Waals surface area (Å²) in [5.74, 6) is 0.197. The second kappa shape index (κ2) is 5.21. The van der Waals surface area contributed by atoms with Gasteiger partial charge in [0.15, 0.2) is 6.29 Å². The van der Waals surface area contributed by atoms with Crippen LogP contribution in [0.4, 0.5) is 0 Å². The maximum Gasteiger partial charge on any atom is 0.258 e. The summed E-state index contributed by atoms with van der Waals surface area (Å²) in [7, 11) is 3.20. The molecular weight excluding hydrogens is 230 g/mol. The predicted molar refractivity (Wildman–Crippen MR) is 70.2 cm³/mol. The van der Waals surface area contributed by atoms with Gasteiger partial charge in [-0.05, 0) is 26.8 Å². The van der Waals surface area contributed by atoms with E-state index in [2.05, 4.69) is 0 Å². The number of nitrogens with zero attached hydrogens (tertiary/aromatic N) is 1. The van der Waals surface area contributed by atoms with Crippen LogP contribution in [0.15, 0.2) is 18.2 Å². The van der Waals surface area contributed by atoms with Crippen molar-refractivity contribution in [2.45, 2.75) is 26.3 Å². The Hall–Kier alpha value is -1.84. The van der Waals surface area contributed by atoms with Crippen molar-refractivity contribution in [2.24, 2.45) is 0 Å². The second-order valence-electron chi connectivity index (χ2n) is 5.08. The molecule has 1 amide bonds. The van der Waals surface area contributed by atoms with E-state index in [4.69, 9.17) is 4.74 Å². The highest BCUT2D eigenvalue weighted by Crippen LogP contribution is 2.25. The standard InChI is InChI=1S/C14H19NO3/c1-14(2,3)15(4)13(17)12-10(9-16)7-6-8-11(12)18-5/h6-9H,1-5H3. The normalized spacial score (nSPS) is 10.9. The van der Waals surface area contributed by atoms with Gasteiger partial charge >= 0.3 is 0 Å². The van der Waals surface area contributed by atoms with Crippen LogP contribution in [0.2, 0.25) is 0 Å². The summed E-state index contributed by atoms with van der Waals surface area (Å²) >= 11 is 0. The minimum absolute atomic E-state index is 0.220. The first kappa shape index (κ1) is 14.2. The number of hydrogen-bond donors (Lipinski definition) is 0. The maximum atomic E-state index is 12.4. The Morgan fingerprint density at radius 2 is 1.94 bits per heavy atom. The lowest BCUT2D eigenvalue weighted by Gasteiger charge is -2.32. The van der Waals surface area contributed by atoms with Gasteiger partial charge in [0.1, 0.15) is 5.75 Å². The summed E-state index contributed by atoms with van der Waals surface area (Å²) in [6, 6.07) is 4.98. The molecule has 18 heavy (non-hydrogen) atoms. The van der Waals surface area contributed by atoms with Crippen molar-refractivity contribution >= 4 is 12.2 Å². The van der Waals surface area contributed by atoms with Gasteiger partial charge in [-0.2, -0.15) is 0 Å². The molecule has 0 unspecified atom stereocenters. The van der Waals surface area contributed by atoms with E-state index in [9.17, 15) is 9.59 Å². The van der Waals surface area contributed by atoms with Gasteiger partial charge in [-0.1, -0.05) is 12.1 Å². The van der Waals surface area contributed by atoms with Crippen molar-refractivity contribution in [2.75, 3.05) is 14.2 Å². The summed E-state index contributed by atoms with van der Waals surface area (Å²) in [6.07, 6.45) is 0.673. The van der Waals surface area contributed by atoms with E-state index < -0.39 is 0 Å². The molecule has 1 aromatic carbocycles. The lowest BCUT2D eigenvalue weighted by Crippen LogP contribution is -2.43. The number of rotatable bonds is 3. The molecule has 0 bridgehead atoms. The van der Waals surface area contributed by atoms with Crippen LogP contribution in [0, 0.1) is 0 Å². The molecule has 0 heterocycles. The third-order valence-corrected chi connectivity index (χ3v) is 2.93. The average Bonchev–Trinajstić information content (AvgIpc) is 2.34. The zero-order valence-electron chi connectivity index (χ0n) is 11.5. The first-order chi connectivity index (χ1) is 8.32. The Kier molecular flexibility index (Phi) is 4.11. The Bertz CT molecular complexity index is 461. The fraction of sp³-hybridized carbons (Fsp3) is 0.429. The van der Waals surface area contributed by atoms with Crippen molar-refractivity contribution in [1.29, 1.82) is 0 Å². The lowest BCUT2D eigenvalue weighted by molar-refractivity contribution is 0.0650. The third-order valence-electron chi connectivity index (χ3n) is 2.93. The first-order valence-corrected chi connectivity index (χ1v) is 5.73. The molecule has 98 valence electrons. The van der Waals surface area contributed by atoms with Gasteiger partial charge in [-0.3, -0.25) is 9.59 Å². The summed E-state index contributed by atoms with van der Waals surface area (Å²) in [6.45, 7) is 5.79. The number of amides is 1. The molecule has 0 saturated heterocycles. The zero-order chi connectivity index (χ0) is 13.9. The highest BCUT2D eigenvalue weighted by molar-refractivity contribution is 6.04. The molecule has 0 aromatic heterocycles. The molecule has 1 aromatic rings. The van der Waals surface area contributed by atoms with Crippen molar-refractivity contribution < 1.29 is 14.3 Å². The molecule has 4 heteroatoms. The van der Waals surface area contributed by atoms with Crippen LogP contribution in [0.3, 0.4) is 0 Å². The zero-order valence-corrected chi connectivity index (χ0v) is 11.5. The number of benzene rings is 1. The molecule has 0 atom stereocenters. The van der Waals surface area contributed by atoms with Crippen LogP contribution < -0.4 is 4.74 Å². The molecule has 0 aliphatic carbocycles. The third kappa shape index (κ3) is 2.70. The van der Waals surface area contributed by atoms with E-state index in [0.29, 0.717) is 23.2 Å². The number of carbonyl (C=O) groups is 2. The quantitative estimate of drug-likeness (QED) is 0.773. The van der Waals surface area contributed by atoms with E-state index in [1.807, 2.05) is 20.8 Å². The highest BCUT2D eigenvalue weighted by atomic mass is 16.5. The maximum absolute atomic E-state index is 12.4. The molecule has 0 fully saturated rings. The molecule has 0 radical (unpaired) electrons. The van der Waals surface area contributed by atoms with Crippen molar-refractivity contribution in [3.05, 3.63) is 29.3 Å². The minimum atomic E-state index is -0.321. The van der Waals surface area contributed by atoms with Crippen LogP contribution in [0.25, 0.3) is 0 Å². The van der Waals surface area contributed by atoms with Gasteiger partial charge in [0.2, 0.25) is 0 Å². The van der Waals surface area contributed by atoms with Crippen LogP contribution in [0.1, 0.15) is 41.5 Å². The lowest BCUT2D eigenvalue weighted by atomic mass is 10.0. The van der Waals surface area contributed by atoms with Crippen molar-refractivity contribution in [3.63, 3.8) is 0 Å². The monoisotopic (exact) mass is 249 g/mol. The van der Waals surface area contributed by atoms with Gasteiger partial charge in [-0.25, -0.2) is 0 Å². The number of hydrogen-bond acceptors (Lipinski definition) is 3. The Balaban J connectivity index is 3.31. The number of ether oxygens (including phenoxy) is 1. The van der Waals surface area contributed by atoms with Crippen LogP contribution in [-0.4, -0.2) is 36.8 Å². The van der Waals surface area contributed by atoms with Gasteiger partial charge < -0.3 is 9.64 Å². The van der Waals surface area contributed by atoms with E-state index in [1.54, 1.807) is 30.1 Å². The van der Waals surface area contributed by atoms with E-state index in [1.165, 1.54) is 7.11 Å². The summed E-state index contributed by atoms with van der Waals surface area (Å²) in [5.41, 5.74) is 0.334. The van der Waals surface area contributed by atoms with Crippen molar-refractivity contribution in [1.82, 2.24) is 4.90 Å². The summed E-state index contributed by atoms with van der Waals surface area (Å²) in [5, 5.41) is 0.